The Morgan fingerprint density at radius 1 is 1.40 bits per heavy atom. The van der Waals surface area contributed by atoms with E-state index in [0.717, 1.165) is 30.4 Å². The number of nitrogens with one attached hydrogen (secondary N) is 1. The minimum absolute atomic E-state index is 0.209. The first-order valence-corrected chi connectivity index (χ1v) is 7.60. The molecule has 0 saturated carbocycles. The van der Waals surface area contributed by atoms with E-state index < -0.39 is 5.91 Å². The Bertz CT molecular complexity index is 583. The van der Waals surface area contributed by atoms with Gasteiger partial charge in [-0.15, -0.1) is 11.3 Å². The molecule has 1 heterocycles. The lowest BCUT2D eigenvalue weighted by Gasteiger charge is -2.18. The van der Waals surface area contributed by atoms with Gasteiger partial charge in [-0.05, 0) is 44.6 Å². The van der Waals surface area contributed by atoms with E-state index in [4.69, 9.17) is 5.73 Å². The van der Waals surface area contributed by atoms with E-state index in [0.29, 0.717) is 16.5 Å². The fraction of sp³-hybridized carbons (Fsp3) is 0.467. The van der Waals surface area contributed by atoms with E-state index in [9.17, 15) is 9.59 Å². The molecule has 0 radical (unpaired) electrons. The quantitative estimate of drug-likeness (QED) is 0.841. The first kappa shape index (κ1) is 14.8. The lowest BCUT2D eigenvalue weighted by atomic mass is 9.88. The maximum atomic E-state index is 11.8. The predicted octanol–water partition coefficient (Wildman–Crippen LogP) is 2.88. The molecule has 1 aliphatic rings. The van der Waals surface area contributed by atoms with E-state index in [1.807, 2.05) is 13.8 Å². The number of primary amides is 1. The minimum atomic E-state index is -0.454. The van der Waals surface area contributed by atoms with Gasteiger partial charge < -0.3 is 11.1 Å². The summed E-state index contributed by atoms with van der Waals surface area (Å²) in [6.07, 6.45) is 4.40. The molecular weight excluding hydrogens is 272 g/mol. The van der Waals surface area contributed by atoms with Crippen molar-refractivity contribution in [2.75, 3.05) is 5.32 Å². The summed E-state index contributed by atoms with van der Waals surface area (Å²) < 4.78 is 0. The molecule has 5 heteroatoms. The van der Waals surface area contributed by atoms with Gasteiger partial charge in [0.05, 0.1) is 5.56 Å². The van der Waals surface area contributed by atoms with Gasteiger partial charge in [0.2, 0.25) is 5.91 Å². The van der Waals surface area contributed by atoms with Crippen molar-refractivity contribution < 1.29 is 9.59 Å². The molecule has 0 spiro atoms. The van der Waals surface area contributed by atoms with Gasteiger partial charge in [0, 0.05) is 11.0 Å². The highest BCUT2D eigenvalue weighted by atomic mass is 32.1. The number of nitrogens with two attached hydrogens (primary N) is 1. The van der Waals surface area contributed by atoms with Crippen molar-refractivity contribution in [3.8, 4) is 0 Å². The molecule has 2 amide bonds. The monoisotopic (exact) mass is 292 g/mol. The van der Waals surface area contributed by atoms with Crippen LogP contribution in [0.25, 0.3) is 0 Å². The molecule has 1 atom stereocenters. The number of amides is 2. The summed E-state index contributed by atoms with van der Waals surface area (Å²) >= 11 is 1.49. The van der Waals surface area contributed by atoms with E-state index in [2.05, 4.69) is 12.2 Å². The SMILES string of the molecule is CC(C)=CC(=O)Nc1sc2c(c1C(N)=O)CCC(C)C2. The zero-order valence-corrected chi connectivity index (χ0v) is 12.9. The van der Waals surface area contributed by atoms with Gasteiger partial charge in [-0.25, -0.2) is 0 Å². The van der Waals surface area contributed by atoms with Crippen LogP contribution in [-0.4, -0.2) is 11.8 Å². The Hall–Kier alpha value is -1.62. The maximum Gasteiger partial charge on any atom is 0.251 e. The average molecular weight is 292 g/mol. The summed E-state index contributed by atoms with van der Waals surface area (Å²) in [4.78, 5) is 24.7. The van der Waals surface area contributed by atoms with Gasteiger partial charge >= 0.3 is 0 Å². The van der Waals surface area contributed by atoms with E-state index in [1.165, 1.54) is 22.3 Å². The standard InChI is InChI=1S/C15H20N2O2S/c1-8(2)6-12(18)17-15-13(14(16)19)10-5-4-9(3)7-11(10)20-15/h6,9H,4-5,7H2,1-3H3,(H2,16,19)(H,17,18). The van der Waals surface area contributed by atoms with Crippen molar-refractivity contribution in [2.24, 2.45) is 11.7 Å². The number of hydrogen-bond donors (Lipinski definition) is 2. The van der Waals surface area contributed by atoms with Crippen LogP contribution < -0.4 is 11.1 Å². The van der Waals surface area contributed by atoms with Crippen molar-refractivity contribution in [3.05, 3.63) is 27.7 Å². The molecule has 3 N–H and O–H groups in total. The molecule has 0 aliphatic heterocycles. The van der Waals surface area contributed by atoms with Crippen LogP contribution in [0, 0.1) is 5.92 Å². The second-order valence-corrected chi connectivity index (χ2v) is 6.74. The molecule has 0 aromatic carbocycles. The smallest absolute Gasteiger partial charge is 0.251 e. The van der Waals surface area contributed by atoms with Crippen molar-refractivity contribution in [1.29, 1.82) is 0 Å². The molecule has 4 nitrogen and oxygen atoms in total. The summed E-state index contributed by atoms with van der Waals surface area (Å²) in [5.74, 6) is -0.0492. The zero-order chi connectivity index (χ0) is 14.9. The highest BCUT2D eigenvalue weighted by Gasteiger charge is 2.26. The molecular formula is C15H20N2O2S. The fourth-order valence-electron chi connectivity index (χ4n) is 2.51. The first-order valence-electron chi connectivity index (χ1n) is 6.78. The zero-order valence-electron chi connectivity index (χ0n) is 12.1. The molecule has 1 aromatic rings. The highest BCUT2D eigenvalue weighted by Crippen LogP contribution is 2.39. The third-order valence-corrected chi connectivity index (χ3v) is 4.58. The van der Waals surface area contributed by atoms with Crippen LogP contribution in [0.1, 0.15) is 48.0 Å². The van der Waals surface area contributed by atoms with Crippen LogP contribution >= 0.6 is 11.3 Å². The van der Waals surface area contributed by atoms with E-state index in [-0.39, 0.29) is 5.91 Å². The van der Waals surface area contributed by atoms with Crippen molar-refractivity contribution in [3.63, 3.8) is 0 Å². The Morgan fingerprint density at radius 2 is 2.10 bits per heavy atom. The summed E-state index contributed by atoms with van der Waals surface area (Å²) in [5.41, 5.74) is 7.95. The second-order valence-electron chi connectivity index (χ2n) is 5.63. The summed E-state index contributed by atoms with van der Waals surface area (Å²) in [7, 11) is 0. The second kappa shape index (κ2) is 5.79. The molecule has 0 fully saturated rings. The van der Waals surface area contributed by atoms with Crippen molar-refractivity contribution in [2.45, 2.75) is 40.0 Å². The number of anilines is 1. The van der Waals surface area contributed by atoms with Crippen LogP contribution in [0.15, 0.2) is 11.6 Å². The number of rotatable bonds is 3. The number of thiophene rings is 1. The molecule has 108 valence electrons. The minimum Gasteiger partial charge on any atom is -0.365 e. The Morgan fingerprint density at radius 3 is 2.70 bits per heavy atom. The van der Waals surface area contributed by atoms with Crippen molar-refractivity contribution in [1.82, 2.24) is 0 Å². The third kappa shape index (κ3) is 3.10. The van der Waals surface area contributed by atoms with Gasteiger partial charge in [0.1, 0.15) is 5.00 Å². The number of hydrogen-bond acceptors (Lipinski definition) is 3. The van der Waals surface area contributed by atoms with Crippen LogP contribution in [0.4, 0.5) is 5.00 Å². The van der Waals surface area contributed by atoms with Gasteiger partial charge in [0.15, 0.2) is 0 Å². The van der Waals surface area contributed by atoms with E-state index >= 15 is 0 Å². The number of fused-ring (bicyclic) bond motifs is 1. The Balaban J connectivity index is 2.36. The largest absolute Gasteiger partial charge is 0.365 e. The summed E-state index contributed by atoms with van der Waals surface area (Å²) in [6, 6.07) is 0. The molecule has 0 saturated heterocycles. The lowest BCUT2D eigenvalue weighted by molar-refractivity contribution is -0.111. The molecule has 1 unspecified atom stereocenters. The number of carbonyl (C=O) groups excluding carboxylic acids is 2. The van der Waals surface area contributed by atoms with Crippen LogP contribution in [0.3, 0.4) is 0 Å². The summed E-state index contributed by atoms with van der Waals surface area (Å²) in [6.45, 7) is 5.92. The highest BCUT2D eigenvalue weighted by molar-refractivity contribution is 7.17. The van der Waals surface area contributed by atoms with E-state index in [1.54, 1.807) is 0 Å². The average Bonchev–Trinajstić information content (AvgIpc) is 2.64. The summed E-state index contributed by atoms with van der Waals surface area (Å²) in [5, 5.41) is 3.39. The lowest BCUT2D eigenvalue weighted by Crippen LogP contribution is -2.18. The van der Waals surface area contributed by atoms with Crippen molar-refractivity contribution >= 4 is 28.2 Å². The Kier molecular flexibility index (Phi) is 4.28. The molecule has 20 heavy (non-hydrogen) atoms. The third-order valence-electron chi connectivity index (χ3n) is 3.41. The van der Waals surface area contributed by atoms with Crippen LogP contribution in [-0.2, 0) is 17.6 Å². The van der Waals surface area contributed by atoms with Gasteiger partial charge in [-0.3, -0.25) is 9.59 Å². The molecule has 0 bridgehead atoms. The predicted molar refractivity (Wildman–Crippen MR) is 82.1 cm³/mol. The molecule has 1 aromatic heterocycles. The Labute approximate surface area is 123 Å². The number of carbonyl (C=O) groups is 2. The fourth-order valence-corrected chi connectivity index (χ4v) is 3.93. The van der Waals surface area contributed by atoms with Gasteiger partial charge in [-0.2, -0.15) is 0 Å². The van der Waals surface area contributed by atoms with Crippen LogP contribution in [0.5, 0.6) is 0 Å². The number of allylic oxidation sites excluding steroid dienone is 1. The van der Waals surface area contributed by atoms with Gasteiger partial charge in [0.25, 0.3) is 5.91 Å². The van der Waals surface area contributed by atoms with Gasteiger partial charge in [-0.1, -0.05) is 12.5 Å². The normalized spacial score (nSPS) is 17.2. The van der Waals surface area contributed by atoms with Crippen LogP contribution in [0.2, 0.25) is 0 Å². The first-order chi connectivity index (χ1) is 9.38. The topological polar surface area (TPSA) is 72.2 Å². The molecule has 1 aliphatic carbocycles. The molecule has 2 rings (SSSR count). The maximum absolute atomic E-state index is 11.8.